The Hall–Kier alpha value is -4.05. The first-order valence-corrected chi connectivity index (χ1v) is 14.0. The van der Waals surface area contributed by atoms with E-state index in [1.54, 1.807) is 12.1 Å². The summed E-state index contributed by atoms with van der Waals surface area (Å²) < 4.78 is 37.4. The Morgan fingerprint density at radius 2 is 1.66 bits per heavy atom. The number of ether oxygens (including phenoxy) is 2. The molecule has 0 radical (unpaired) electrons. The highest BCUT2D eigenvalue weighted by molar-refractivity contribution is 7.92. The van der Waals surface area contributed by atoms with Crippen molar-refractivity contribution >= 4 is 27.5 Å². The van der Waals surface area contributed by atoms with Crippen molar-refractivity contribution in [2.24, 2.45) is 0 Å². The largest absolute Gasteiger partial charge is 0.454 e. The van der Waals surface area contributed by atoms with Crippen LogP contribution in [0.4, 0.5) is 5.69 Å². The van der Waals surface area contributed by atoms with E-state index in [-0.39, 0.29) is 31.4 Å². The van der Waals surface area contributed by atoms with E-state index in [2.05, 4.69) is 5.32 Å². The molecular formula is C28H31N3O6S. The number of aryl methyl sites for hydroxylation is 1. The van der Waals surface area contributed by atoms with E-state index in [1.807, 2.05) is 61.5 Å². The van der Waals surface area contributed by atoms with Gasteiger partial charge in [0.1, 0.15) is 12.6 Å². The van der Waals surface area contributed by atoms with Crippen molar-refractivity contribution in [3.8, 4) is 11.5 Å². The summed E-state index contributed by atoms with van der Waals surface area (Å²) >= 11 is 0. The molecule has 38 heavy (non-hydrogen) atoms. The summed E-state index contributed by atoms with van der Waals surface area (Å²) in [4.78, 5) is 28.5. The molecular weight excluding hydrogens is 506 g/mol. The molecule has 0 spiro atoms. The number of carbonyl (C=O) groups is 2. The summed E-state index contributed by atoms with van der Waals surface area (Å²) in [5.41, 5.74) is 2.97. The molecule has 1 aliphatic heterocycles. The minimum atomic E-state index is -3.87. The average molecular weight is 538 g/mol. The van der Waals surface area contributed by atoms with Gasteiger partial charge in [-0.05, 0) is 30.2 Å². The maximum Gasteiger partial charge on any atom is 0.244 e. The van der Waals surface area contributed by atoms with Crippen molar-refractivity contribution in [3.63, 3.8) is 0 Å². The SMILES string of the molecule is CNC(=O)[C@@H](Cc1ccccc1)N(Cc1cccc(C)c1)C(=O)CN(c1ccc2c(c1)OCO2)S(C)(=O)=O. The number of likely N-dealkylation sites (N-methyl/N-ethyl adjacent to an activating group) is 1. The average Bonchev–Trinajstić information content (AvgIpc) is 3.36. The van der Waals surface area contributed by atoms with Crippen LogP contribution in [0.1, 0.15) is 16.7 Å². The van der Waals surface area contributed by atoms with Crippen LogP contribution in [-0.2, 0) is 32.6 Å². The maximum absolute atomic E-state index is 13.9. The molecule has 0 saturated heterocycles. The van der Waals surface area contributed by atoms with Gasteiger partial charge in [-0.25, -0.2) is 8.42 Å². The number of benzene rings is 3. The standard InChI is InChI=1S/C28H31N3O6S/c1-20-8-7-11-22(14-20)17-30(24(28(33)29-2)15-21-9-5-4-6-10-21)27(32)18-31(38(3,34)35)23-12-13-25-26(16-23)37-19-36-25/h4-14,16,24H,15,17-19H2,1-3H3,(H,29,33)/t24-/m1/s1. The zero-order chi connectivity index (χ0) is 27.3. The fourth-order valence-corrected chi connectivity index (χ4v) is 5.22. The van der Waals surface area contributed by atoms with Crippen LogP contribution in [0.5, 0.6) is 11.5 Å². The second-order valence-electron chi connectivity index (χ2n) is 9.14. The number of nitrogens with zero attached hydrogens (tertiary/aromatic N) is 2. The van der Waals surface area contributed by atoms with Crippen molar-refractivity contribution in [2.75, 3.05) is 30.9 Å². The smallest absolute Gasteiger partial charge is 0.244 e. The summed E-state index contributed by atoms with van der Waals surface area (Å²) in [5.74, 6) is 0.0349. The van der Waals surface area contributed by atoms with E-state index in [1.165, 1.54) is 18.0 Å². The second-order valence-corrected chi connectivity index (χ2v) is 11.0. The zero-order valence-electron chi connectivity index (χ0n) is 21.6. The van der Waals surface area contributed by atoms with E-state index >= 15 is 0 Å². The number of hydrogen-bond acceptors (Lipinski definition) is 6. The van der Waals surface area contributed by atoms with Gasteiger partial charge in [-0.1, -0.05) is 60.2 Å². The van der Waals surface area contributed by atoms with Crippen molar-refractivity contribution in [1.82, 2.24) is 10.2 Å². The molecule has 2 amide bonds. The molecule has 0 saturated carbocycles. The maximum atomic E-state index is 13.9. The number of nitrogens with one attached hydrogen (secondary N) is 1. The monoisotopic (exact) mass is 537 g/mol. The molecule has 0 unspecified atom stereocenters. The lowest BCUT2D eigenvalue weighted by molar-refractivity contribution is -0.139. The first-order chi connectivity index (χ1) is 18.2. The topological polar surface area (TPSA) is 105 Å². The summed E-state index contributed by atoms with van der Waals surface area (Å²) in [5, 5.41) is 2.67. The summed E-state index contributed by atoms with van der Waals surface area (Å²) in [6.07, 6.45) is 1.30. The predicted octanol–water partition coefficient (Wildman–Crippen LogP) is 2.88. The molecule has 0 aromatic heterocycles. The quantitative estimate of drug-likeness (QED) is 0.427. The highest BCUT2D eigenvalue weighted by Gasteiger charge is 2.33. The van der Waals surface area contributed by atoms with Crippen molar-refractivity contribution in [3.05, 3.63) is 89.5 Å². The van der Waals surface area contributed by atoms with Gasteiger partial charge in [0.2, 0.25) is 28.6 Å². The molecule has 3 aromatic rings. The molecule has 3 aromatic carbocycles. The summed E-state index contributed by atoms with van der Waals surface area (Å²) in [7, 11) is -2.35. The normalized spacial score (nSPS) is 13.0. The molecule has 10 heteroatoms. The van der Waals surface area contributed by atoms with E-state index in [0.29, 0.717) is 11.5 Å². The number of fused-ring (bicyclic) bond motifs is 1. The van der Waals surface area contributed by atoms with Gasteiger partial charge >= 0.3 is 0 Å². The highest BCUT2D eigenvalue weighted by atomic mass is 32.2. The molecule has 9 nitrogen and oxygen atoms in total. The predicted molar refractivity (Wildman–Crippen MR) is 144 cm³/mol. The Morgan fingerprint density at radius 3 is 2.34 bits per heavy atom. The Balaban J connectivity index is 1.71. The lowest BCUT2D eigenvalue weighted by atomic mass is 10.0. The lowest BCUT2D eigenvalue weighted by Crippen LogP contribution is -2.52. The number of amides is 2. The summed E-state index contributed by atoms with van der Waals surface area (Å²) in [6, 6.07) is 20.9. The lowest BCUT2D eigenvalue weighted by Gasteiger charge is -2.33. The summed E-state index contributed by atoms with van der Waals surface area (Å²) in [6.45, 7) is 1.62. The van der Waals surface area contributed by atoms with Gasteiger partial charge in [0, 0.05) is 26.1 Å². The van der Waals surface area contributed by atoms with Crippen LogP contribution in [0.25, 0.3) is 0 Å². The number of rotatable bonds is 10. The first-order valence-electron chi connectivity index (χ1n) is 12.1. The van der Waals surface area contributed by atoms with Crippen LogP contribution in [0.2, 0.25) is 0 Å². The van der Waals surface area contributed by atoms with Crippen molar-refractivity contribution < 1.29 is 27.5 Å². The minimum absolute atomic E-state index is 0.0359. The fraction of sp³-hybridized carbons (Fsp3) is 0.286. The van der Waals surface area contributed by atoms with E-state index in [9.17, 15) is 18.0 Å². The van der Waals surface area contributed by atoms with Crippen LogP contribution in [0.3, 0.4) is 0 Å². The Kier molecular flexibility index (Phi) is 8.21. The molecule has 1 aliphatic rings. The third-order valence-corrected chi connectivity index (χ3v) is 7.42. The first kappa shape index (κ1) is 27.0. The van der Waals surface area contributed by atoms with Gasteiger partial charge in [0.05, 0.1) is 11.9 Å². The van der Waals surface area contributed by atoms with Gasteiger partial charge in [0.25, 0.3) is 0 Å². The molecule has 0 bridgehead atoms. The van der Waals surface area contributed by atoms with Crippen molar-refractivity contribution in [2.45, 2.75) is 25.9 Å². The Morgan fingerprint density at radius 1 is 0.947 bits per heavy atom. The van der Waals surface area contributed by atoms with Gasteiger partial charge in [0.15, 0.2) is 11.5 Å². The van der Waals surface area contributed by atoms with Crippen LogP contribution < -0.4 is 19.1 Å². The van der Waals surface area contributed by atoms with Gasteiger partial charge in [-0.3, -0.25) is 13.9 Å². The molecule has 0 fully saturated rings. The number of hydrogen-bond donors (Lipinski definition) is 1. The van der Waals surface area contributed by atoms with E-state index < -0.39 is 28.5 Å². The highest BCUT2D eigenvalue weighted by Crippen LogP contribution is 2.36. The second kappa shape index (κ2) is 11.6. The molecule has 0 aliphatic carbocycles. The van der Waals surface area contributed by atoms with E-state index in [0.717, 1.165) is 27.3 Å². The zero-order valence-corrected chi connectivity index (χ0v) is 22.4. The molecule has 1 N–H and O–H groups in total. The van der Waals surface area contributed by atoms with Crippen LogP contribution in [0.15, 0.2) is 72.8 Å². The van der Waals surface area contributed by atoms with Crippen molar-refractivity contribution in [1.29, 1.82) is 0 Å². The van der Waals surface area contributed by atoms with Gasteiger partial charge < -0.3 is 19.7 Å². The van der Waals surface area contributed by atoms with E-state index in [4.69, 9.17) is 9.47 Å². The number of sulfonamides is 1. The van der Waals surface area contributed by atoms with Crippen LogP contribution in [0, 0.1) is 6.92 Å². The molecule has 4 rings (SSSR count). The number of anilines is 1. The minimum Gasteiger partial charge on any atom is -0.454 e. The van der Waals surface area contributed by atoms with Crippen LogP contribution >= 0.6 is 0 Å². The molecule has 1 heterocycles. The van der Waals surface area contributed by atoms with Gasteiger partial charge in [-0.15, -0.1) is 0 Å². The molecule has 200 valence electrons. The third kappa shape index (κ3) is 6.44. The fourth-order valence-electron chi connectivity index (χ4n) is 4.38. The Bertz CT molecular complexity index is 1410. The number of carbonyl (C=O) groups excluding carboxylic acids is 2. The Labute approximate surface area is 223 Å². The van der Waals surface area contributed by atoms with Crippen LogP contribution in [-0.4, -0.2) is 57.8 Å². The van der Waals surface area contributed by atoms with Gasteiger partial charge in [-0.2, -0.15) is 0 Å². The molecule has 1 atom stereocenters. The third-order valence-electron chi connectivity index (χ3n) is 6.28.